The van der Waals surface area contributed by atoms with Crippen molar-refractivity contribution in [2.24, 2.45) is 0 Å². The fourth-order valence-electron chi connectivity index (χ4n) is 2.73. The topological polar surface area (TPSA) is 104 Å². The summed E-state index contributed by atoms with van der Waals surface area (Å²) in [5.41, 5.74) is 0. The molecule has 0 aliphatic rings. The molecule has 6 nitrogen and oxygen atoms in total. The Morgan fingerprint density at radius 3 is 0.966 bits per heavy atom. The molecule has 0 radical (unpaired) electrons. The normalized spacial score (nSPS) is 11.7. The van der Waals surface area contributed by atoms with E-state index in [1.54, 1.807) is 0 Å². The van der Waals surface area contributed by atoms with E-state index >= 15 is 0 Å². The molecule has 0 saturated carbocycles. The fourth-order valence-corrected chi connectivity index (χ4v) is 3.33. The summed E-state index contributed by atoms with van der Waals surface area (Å²) in [6, 6.07) is 0. The van der Waals surface area contributed by atoms with Gasteiger partial charge in [0.05, 0.1) is 0 Å². The van der Waals surface area contributed by atoms with E-state index in [0.717, 1.165) is 6.42 Å². The van der Waals surface area contributed by atoms with Crippen molar-refractivity contribution in [3.8, 4) is 0 Å². The Kier molecular flexibility index (Phi) is 56.5. The Bertz CT molecular complexity index is 302. The molecule has 2 atom stereocenters. The summed E-state index contributed by atoms with van der Waals surface area (Å²) in [5, 5.41) is 8.67. The number of aliphatic hydroxyl groups is 1. The molecule has 0 spiro atoms. The van der Waals surface area contributed by atoms with E-state index in [2.05, 4.69) is 11.2 Å². The minimum atomic E-state index is -3.20. The second-order valence-corrected chi connectivity index (χ2v) is 8.54. The second kappa shape index (κ2) is 38.6. The maximum atomic E-state index is 9.44. The molecule has 166 valence electrons. The molecular formula is C18H45Na3O6P2. The molecule has 0 bridgehead atoms. The first kappa shape index (κ1) is 42.5. The minimum absolute atomic E-state index is 0. The van der Waals surface area contributed by atoms with Gasteiger partial charge in [0.25, 0.3) is 0 Å². The fraction of sp³-hybridized carbons (Fsp3) is 1.00. The van der Waals surface area contributed by atoms with Crippen molar-refractivity contribution in [3.63, 3.8) is 0 Å². The van der Waals surface area contributed by atoms with Gasteiger partial charge in [-0.15, -0.1) is 0 Å². The number of unbranched alkanes of at least 4 members (excludes halogenated alkanes) is 15. The van der Waals surface area contributed by atoms with Crippen LogP contribution in [0, 0.1) is 0 Å². The van der Waals surface area contributed by atoms with Gasteiger partial charge >= 0.3 is 105 Å². The van der Waals surface area contributed by atoms with Crippen LogP contribution in [0.25, 0.3) is 0 Å². The predicted molar refractivity (Wildman–Crippen MR) is 132 cm³/mol. The van der Waals surface area contributed by atoms with E-state index in [1.807, 2.05) is 0 Å². The van der Waals surface area contributed by atoms with Crippen LogP contribution < -0.4 is 0 Å². The molecule has 0 saturated heterocycles. The van der Waals surface area contributed by atoms with Gasteiger partial charge in [-0.2, -0.15) is 0 Å². The van der Waals surface area contributed by atoms with Gasteiger partial charge in [-0.25, -0.2) is 4.31 Å². The molecule has 0 heterocycles. The monoisotopic (exact) mass is 488 g/mol. The van der Waals surface area contributed by atoms with E-state index in [9.17, 15) is 9.13 Å². The predicted octanol–water partition coefficient (Wildman–Crippen LogP) is 4.06. The van der Waals surface area contributed by atoms with E-state index in [1.165, 1.54) is 96.3 Å². The van der Waals surface area contributed by atoms with E-state index in [4.69, 9.17) is 14.9 Å². The van der Waals surface area contributed by atoms with Crippen molar-refractivity contribution >= 4 is 105 Å². The van der Waals surface area contributed by atoms with Gasteiger partial charge in [-0.1, -0.05) is 103 Å². The Balaban J connectivity index is -0.000000166. The summed E-state index contributed by atoms with van der Waals surface area (Å²) in [6.45, 7) is 2.66. The third-order valence-electron chi connectivity index (χ3n) is 4.19. The molecule has 0 aromatic rings. The zero-order chi connectivity index (χ0) is 19.9. The van der Waals surface area contributed by atoms with Crippen LogP contribution in [0.1, 0.15) is 110 Å². The molecule has 0 amide bonds. The molecule has 0 aromatic carbocycles. The Hall–Kier alpha value is 3.30. The van der Waals surface area contributed by atoms with Crippen LogP contribution in [-0.4, -0.2) is 110 Å². The molecule has 0 aliphatic carbocycles. The number of aliphatic hydroxyl groups excluding tert-OH is 1. The van der Waals surface area contributed by atoms with Crippen molar-refractivity contribution in [1.29, 1.82) is 0 Å². The zero-order valence-corrected chi connectivity index (χ0v) is 18.6. The summed E-state index contributed by atoms with van der Waals surface area (Å²) in [5.74, 6) is 0. The third-order valence-corrected chi connectivity index (χ3v) is 5.58. The molecule has 0 aliphatic heterocycles. The first-order valence-corrected chi connectivity index (χ1v) is 12.8. The molecule has 3 N–H and O–H groups in total. The molecule has 0 rings (SSSR count). The molecule has 2 unspecified atom stereocenters. The van der Waals surface area contributed by atoms with Crippen molar-refractivity contribution in [2.45, 2.75) is 110 Å². The van der Waals surface area contributed by atoms with Gasteiger partial charge in [0.1, 0.15) is 0 Å². The Morgan fingerprint density at radius 2 is 0.793 bits per heavy atom. The van der Waals surface area contributed by atoms with Gasteiger partial charge < -0.3 is 14.9 Å². The molecule has 11 heteroatoms. The van der Waals surface area contributed by atoms with E-state index < -0.39 is 16.5 Å². The number of rotatable bonds is 18. The zero-order valence-electron chi connectivity index (χ0n) is 16.6. The number of hydrogen-bond donors (Lipinski definition) is 3. The van der Waals surface area contributed by atoms with Crippen LogP contribution in [0.2, 0.25) is 0 Å². The molecule has 29 heavy (non-hydrogen) atoms. The van der Waals surface area contributed by atoms with Gasteiger partial charge in [0.15, 0.2) is 0 Å². The Labute approximate surface area is 246 Å². The van der Waals surface area contributed by atoms with Crippen LogP contribution in [0.15, 0.2) is 0 Å². The van der Waals surface area contributed by atoms with Gasteiger partial charge in [-0.3, -0.25) is 9.13 Å². The molecule has 0 aromatic heterocycles. The van der Waals surface area contributed by atoms with Gasteiger partial charge in [-0.05, 0) is 6.42 Å². The average Bonchev–Trinajstić information content (AvgIpc) is 2.58. The molecule has 0 fully saturated rings. The number of hydrogen-bond acceptors (Lipinski definition) is 4. The Morgan fingerprint density at radius 1 is 0.552 bits per heavy atom. The first-order chi connectivity index (χ1) is 12.5. The summed E-state index contributed by atoms with van der Waals surface area (Å²) in [7, 11) is -6.40. The maximum absolute atomic E-state index is 9.44. The van der Waals surface area contributed by atoms with Crippen LogP contribution in [-0.2, 0) is 13.4 Å². The van der Waals surface area contributed by atoms with Gasteiger partial charge in [0.2, 0.25) is 0 Å². The van der Waals surface area contributed by atoms with E-state index in [-0.39, 0.29) is 88.7 Å². The summed E-state index contributed by atoms with van der Waals surface area (Å²) in [6.07, 6.45) is 22.2. The summed E-state index contributed by atoms with van der Waals surface area (Å²) < 4.78 is 22.3. The van der Waals surface area contributed by atoms with Crippen LogP contribution in [0.5, 0.6) is 0 Å². The van der Waals surface area contributed by atoms with Crippen LogP contribution in [0.4, 0.5) is 0 Å². The van der Waals surface area contributed by atoms with E-state index in [0.29, 0.717) is 6.61 Å². The van der Waals surface area contributed by atoms with Crippen molar-refractivity contribution in [3.05, 3.63) is 0 Å². The summed E-state index contributed by atoms with van der Waals surface area (Å²) in [4.78, 5) is 15.4. The quantitative estimate of drug-likeness (QED) is 0.153. The van der Waals surface area contributed by atoms with Crippen molar-refractivity contribution < 1.29 is 28.3 Å². The van der Waals surface area contributed by atoms with Crippen LogP contribution in [0.3, 0.4) is 0 Å². The second-order valence-electron chi connectivity index (χ2n) is 6.66. The molecular weight excluding hydrogens is 443 g/mol. The standard InChI is InChI=1S/C18H38O.3Na.H4O5P2.3H/c1-2-3-4-5-6-7-8-9-10-11-12-13-14-15-16-17-18-19;;;;1-6(2)5-7(3)4;;;/h19H,2-18H2,1H3;;;;6-7H,(H,1,2)(H,3,4);;;. The first-order valence-electron chi connectivity index (χ1n) is 10.3. The van der Waals surface area contributed by atoms with Crippen molar-refractivity contribution in [2.75, 3.05) is 6.61 Å². The van der Waals surface area contributed by atoms with Crippen LogP contribution >= 0.6 is 16.5 Å². The van der Waals surface area contributed by atoms with Crippen molar-refractivity contribution in [1.82, 2.24) is 0 Å². The SMILES string of the molecule is CCCCCCCCCCCCCCCCCCO.O=[PH](O)O[PH](=O)O.[NaH].[NaH].[NaH]. The summed E-state index contributed by atoms with van der Waals surface area (Å²) >= 11 is 0. The third kappa shape index (κ3) is 49.5. The van der Waals surface area contributed by atoms with Gasteiger partial charge in [0, 0.05) is 6.61 Å². The average molecular weight is 488 g/mol.